The Kier molecular flexibility index (Phi) is 5.71. The van der Waals surface area contributed by atoms with Gasteiger partial charge in [-0.15, -0.1) is 0 Å². The summed E-state index contributed by atoms with van der Waals surface area (Å²) in [4.78, 5) is 24.7. The third-order valence-electron chi connectivity index (χ3n) is 3.61. The van der Waals surface area contributed by atoms with Gasteiger partial charge in [-0.1, -0.05) is 45.7 Å². The monoisotopic (exact) mass is 428 g/mol. The molecule has 0 aliphatic rings. The fourth-order valence-corrected chi connectivity index (χ4v) is 2.75. The summed E-state index contributed by atoms with van der Waals surface area (Å²) >= 11 is 9.39. The standard InChI is InChI=1S/C20H14BrClN2O2/c21-15-10-8-13(9-11-15)19(25)23-16-5-3-4-14(12-16)20(26)24-18-7-2-1-6-17(18)22/h1-12H,(H,23,25)(H,24,26). The number of para-hydroxylation sites is 1. The zero-order chi connectivity index (χ0) is 18.5. The van der Waals surface area contributed by atoms with Gasteiger partial charge in [-0.25, -0.2) is 0 Å². The molecule has 0 spiro atoms. The van der Waals surface area contributed by atoms with Crippen molar-refractivity contribution in [3.05, 3.63) is 93.4 Å². The Morgan fingerprint density at radius 2 is 1.46 bits per heavy atom. The van der Waals surface area contributed by atoms with Crippen LogP contribution in [0.3, 0.4) is 0 Å². The average Bonchev–Trinajstić information content (AvgIpc) is 2.64. The van der Waals surface area contributed by atoms with Gasteiger partial charge in [-0.3, -0.25) is 9.59 Å². The van der Waals surface area contributed by atoms with Crippen LogP contribution in [0.15, 0.2) is 77.3 Å². The molecule has 2 amide bonds. The molecule has 130 valence electrons. The first-order valence-corrected chi connectivity index (χ1v) is 8.93. The molecule has 0 atom stereocenters. The van der Waals surface area contributed by atoms with Crippen LogP contribution < -0.4 is 10.6 Å². The predicted octanol–water partition coefficient (Wildman–Crippen LogP) is 5.61. The van der Waals surface area contributed by atoms with Crippen LogP contribution in [0.5, 0.6) is 0 Å². The van der Waals surface area contributed by atoms with Gasteiger partial charge in [0.25, 0.3) is 11.8 Å². The van der Waals surface area contributed by atoms with Crippen LogP contribution in [-0.2, 0) is 0 Å². The zero-order valence-corrected chi connectivity index (χ0v) is 15.8. The van der Waals surface area contributed by atoms with Crippen LogP contribution in [0.2, 0.25) is 5.02 Å². The Hall–Kier alpha value is -2.63. The minimum Gasteiger partial charge on any atom is -0.322 e. The fourth-order valence-electron chi connectivity index (χ4n) is 2.30. The lowest BCUT2D eigenvalue weighted by Crippen LogP contribution is -2.14. The lowest BCUT2D eigenvalue weighted by Gasteiger charge is -2.09. The van der Waals surface area contributed by atoms with Crippen molar-refractivity contribution in [1.29, 1.82) is 0 Å². The Morgan fingerprint density at radius 1 is 0.769 bits per heavy atom. The van der Waals surface area contributed by atoms with Crippen molar-refractivity contribution in [2.75, 3.05) is 10.6 Å². The van der Waals surface area contributed by atoms with Gasteiger partial charge in [-0.2, -0.15) is 0 Å². The summed E-state index contributed by atoms with van der Waals surface area (Å²) < 4.78 is 0.896. The highest BCUT2D eigenvalue weighted by Gasteiger charge is 2.11. The van der Waals surface area contributed by atoms with E-state index < -0.39 is 0 Å². The SMILES string of the molecule is O=C(Nc1cccc(C(=O)Nc2ccccc2Cl)c1)c1ccc(Br)cc1. The second kappa shape index (κ2) is 8.17. The summed E-state index contributed by atoms with van der Waals surface area (Å²) in [6.45, 7) is 0. The summed E-state index contributed by atoms with van der Waals surface area (Å²) in [5.74, 6) is -0.556. The average molecular weight is 430 g/mol. The summed E-state index contributed by atoms with van der Waals surface area (Å²) in [5.41, 5.74) is 2.01. The van der Waals surface area contributed by atoms with Crippen molar-refractivity contribution in [3.8, 4) is 0 Å². The highest BCUT2D eigenvalue weighted by molar-refractivity contribution is 9.10. The number of anilines is 2. The summed E-state index contributed by atoms with van der Waals surface area (Å²) in [7, 11) is 0. The Bertz CT molecular complexity index is 958. The van der Waals surface area contributed by atoms with Crippen LogP contribution in [0.4, 0.5) is 11.4 Å². The minimum absolute atomic E-state index is 0.249. The van der Waals surface area contributed by atoms with E-state index in [1.807, 2.05) is 0 Å². The van der Waals surface area contributed by atoms with Crippen molar-refractivity contribution < 1.29 is 9.59 Å². The number of hydrogen-bond donors (Lipinski definition) is 2. The molecule has 0 radical (unpaired) electrons. The minimum atomic E-state index is -0.308. The normalized spacial score (nSPS) is 10.2. The molecule has 4 nitrogen and oxygen atoms in total. The summed E-state index contributed by atoms with van der Waals surface area (Å²) in [6.07, 6.45) is 0. The van der Waals surface area contributed by atoms with E-state index in [0.717, 1.165) is 4.47 Å². The van der Waals surface area contributed by atoms with E-state index in [1.165, 1.54) is 0 Å². The molecule has 0 unspecified atom stereocenters. The van der Waals surface area contributed by atoms with Gasteiger partial charge in [0.2, 0.25) is 0 Å². The number of amides is 2. The van der Waals surface area contributed by atoms with Crippen LogP contribution in [0, 0.1) is 0 Å². The molecule has 0 fully saturated rings. The van der Waals surface area contributed by atoms with Crippen molar-refractivity contribution in [2.45, 2.75) is 0 Å². The Morgan fingerprint density at radius 3 is 2.19 bits per heavy atom. The lowest BCUT2D eigenvalue weighted by molar-refractivity contribution is 0.101. The molecular formula is C20H14BrClN2O2. The first-order valence-electron chi connectivity index (χ1n) is 7.76. The molecule has 0 saturated heterocycles. The first-order chi connectivity index (χ1) is 12.5. The summed E-state index contributed by atoms with van der Waals surface area (Å²) in [5, 5.41) is 6.00. The molecule has 3 rings (SSSR count). The third-order valence-corrected chi connectivity index (χ3v) is 4.47. The topological polar surface area (TPSA) is 58.2 Å². The van der Waals surface area contributed by atoms with Crippen LogP contribution >= 0.6 is 27.5 Å². The zero-order valence-electron chi connectivity index (χ0n) is 13.5. The van der Waals surface area contributed by atoms with Crippen molar-refractivity contribution in [1.82, 2.24) is 0 Å². The predicted molar refractivity (Wildman–Crippen MR) is 108 cm³/mol. The molecule has 0 aliphatic heterocycles. The molecule has 0 aromatic heterocycles. The Balaban J connectivity index is 1.73. The quantitative estimate of drug-likeness (QED) is 0.566. The molecule has 0 heterocycles. The van der Waals surface area contributed by atoms with Crippen LogP contribution in [-0.4, -0.2) is 11.8 Å². The van der Waals surface area contributed by atoms with Gasteiger partial charge < -0.3 is 10.6 Å². The first kappa shape index (κ1) is 18.2. The number of nitrogens with one attached hydrogen (secondary N) is 2. The van der Waals surface area contributed by atoms with Gasteiger partial charge in [0, 0.05) is 21.3 Å². The molecule has 0 aliphatic carbocycles. The van der Waals surface area contributed by atoms with Crippen molar-refractivity contribution in [2.24, 2.45) is 0 Å². The van der Waals surface area contributed by atoms with Gasteiger partial charge in [0.15, 0.2) is 0 Å². The molecule has 3 aromatic carbocycles. The van der Waals surface area contributed by atoms with E-state index in [-0.39, 0.29) is 11.8 Å². The van der Waals surface area contributed by atoms with E-state index in [0.29, 0.717) is 27.5 Å². The third kappa shape index (κ3) is 4.50. The molecule has 0 saturated carbocycles. The molecule has 0 bridgehead atoms. The van der Waals surface area contributed by atoms with E-state index in [9.17, 15) is 9.59 Å². The van der Waals surface area contributed by atoms with Gasteiger partial charge in [0.1, 0.15) is 0 Å². The van der Waals surface area contributed by atoms with Crippen molar-refractivity contribution >= 4 is 50.7 Å². The molecule has 26 heavy (non-hydrogen) atoms. The van der Waals surface area contributed by atoms with E-state index in [4.69, 9.17) is 11.6 Å². The van der Waals surface area contributed by atoms with E-state index in [2.05, 4.69) is 26.6 Å². The van der Waals surface area contributed by atoms with Crippen molar-refractivity contribution in [3.63, 3.8) is 0 Å². The highest BCUT2D eigenvalue weighted by atomic mass is 79.9. The molecule has 3 aromatic rings. The maximum Gasteiger partial charge on any atom is 0.255 e. The lowest BCUT2D eigenvalue weighted by atomic mass is 10.1. The summed E-state index contributed by atoms with van der Waals surface area (Å²) in [6, 6.07) is 20.7. The Labute approximate surface area is 164 Å². The van der Waals surface area contributed by atoms with Crippen LogP contribution in [0.1, 0.15) is 20.7 Å². The maximum absolute atomic E-state index is 12.4. The number of carbonyl (C=O) groups is 2. The largest absolute Gasteiger partial charge is 0.322 e. The van der Waals surface area contributed by atoms with Gasteiger partial charge >= 0.3 is 0 Å². The van der Waals surface area contributed by atoms with Crippen LogP contribution in [0.25, 0.3) is 0 Å². The molecular weight excluding hydrogens is 416 g/mol. The van der Waals surface area contributed by atoms with E-state index in [1.54, 1.807) is 72.8 Å². The number of rotatable bonds is 4. The smallest absolute Gasteiger partial charge is 0.255 e. The number of benzene rings is 3. The number of hydrogen-bond acceptors (Lipinski definition) is 2. The van der Waals surface area contributed by atoms with Gasteiger partial charge in [-0.05, 0) is 54.6 Å². The second-order valence-corrected chi connectivity index (χ2v) is 6.80. The van der Waals surface area contributed by atoms with E-state index >= 15 is 0 Å². The number of carbonyl (C=O) groups excluding carboxylic acids is 2. The number of halogens is 2. The second-order valence-electron chi connectivity index (χ2n) is 5.48. The van der Waals surface area contributed by atoms with Gasteiger partial charge in [0.05, 0.1) is 10.7 Å². The fraction of sp³-hybridized carbons (Fsp3) is 0. The maximum atomic E-state index is 12.4. The molecule has 6 heteroatoms. The molecule has 2 N–H and O–H groups in total. The highest BCUT2D eigenvalue weighted by Crippen LogP contribution is 2.22.